The van der Waals surface area contributed by atoms with E-state index in [2.05, 4.69) is 9.97 Å². The molecular weight excluding hydrogens is 252 g/mol. The molecule has 0 saturated carbocycles. The summed E-state index contributed by atoms with van der Waals surface area (Å²) < 4.78 is 5.39. The monoisotopic (exact) mass is 262 g/mol. The number of hydrogen-bond acceptors (Lipinski definition) is 5. The van der Waals surface area contributed by atoms with Gasteiger partial charge < -0.3 is 10.2 Å². The standard InChI is InChI=1S/C15H10N4O/c16-8-11-7-12(10-3-1-5-18-9-10)14(19-15(11)17)13-4-2-6-20-13/h1-7,9H,(H2,17,19). The van der Waals surface area contributed by atoms with Gasteiger partial charge >= 0.3 is 0 Å². The number of nitrogens with zero attached hydrogens (tertiary/aromatic N) is 3. The van der Waals surface area contributed by atoms with E-state index in [1.54, 1.807) is 36.9 Å². The molecule has 5 nitrogen and oxygen atoms in total. The van der Waals surface area contributed by atoms with E-state index in [-0.39, 0.29) is 5.82 Å². The molecule has 96 valence electrons. The molecule has 0 atom stereocenters. The van der Waals surface area contributed by atoms with Gasteiger partial charge in [0.25, 0.3) is 0 Å². The van der Waals surface area contributed by atoms with Crippen LogP contribution in [0.15, 0.2) is 53.4 Å². The predicted octanol–water partition coefficient (Wildman–Crippen LogP) is 2.86. The van der Waals surface area contributed by atoms with Gasteiger partial charge in [0.2, 0.25) is 0 Å². The summed E-state index contributed by atoms with van der Waals surface area (Å²) in [5, 5.41) is 9.10. The zero-order valence-electron chi connectivity index (χ0n) is 10.4. The third-order valence-electron chi connectivity index (χ3n) is 2.90. The lowest BCUT2D eigenvalue weighted by Crippen LogP contribution is -1.99. The van der Waals surface area contributed by atoms with Crippen LogP contribution in [-0.2, 0) is 0 Å². The van der Waals surface area contributed by atoms with Crippen molar-refractivity contribution in [2.75, 3.05) is 5.73 Å². The molecule has 2 N–H and O–H groups in total. The van der Waals surface area contributed by atoms with Gasteiger partial charge in [-0.15, -0.1) is 0 Å². The van der Waals surface area contributed by atoms with Crippen LogP contribution in [0.5, 0.6) is 0 Å². The third-order valence-corrected chi connectivity index (χ3v) is 2.90. The first-order valence-corrected chi connectivity index (χ1v) is 5.94. The molecule has 0 bridgehead atoms. The van der Waals surface area contributed by atoms with Crippen molar-refractivity contribution in [1.29, 1.82) is 5.26 Å². The van der Waals surface area contributed by atoms with E-state index >= 15 is 0 Å². The average Bonchev–Trinajstić information content (AvgIpc) is 3.02. The molecule has 0 amide bonds. The van der Waals surface area contributed by atoms with Crippen LogP contribution in [0.2, 0.25) is 0 Å². The number of nitrogen functional groups attached to an aromatic ring is 1. The molecule has 0 unspecified atom stereocenters. The lowest BCUT2D eigenvalue weighted by Gasteiger charge is -2.09. The minimum absolute atomic E-state index is 0.187. The fourth-order valence-electron chi connectivity index (χ4n) is 1.96. The van der Waals surface area contributed by atoms with Gasteiger partial charge in [0.15, 0.2) is 5.76 Å². The summed E-state index contributed by atoms with van der Waals surface area (Å²) in [6.45, 7) is 0. The summed E-state index contributed by atoms with van der Waals surface area (Å²) in [5.74, 6) is 0.784. The van der Waals surface area contributed by atoms with Gasteiger partial charge in [0.05, 0.1) is 11.8 Å². The summed E-state index contributed by atoms with van der Waals surface area (Å²) in [6, 6.07) is 11.0. The topological polar surface area (TPSA) is 88.7 Å². The Labute approximate surface area is 115 Å². The Morgan fingerprint density at radius 2 is 2.15 bits per heavy atom. The van der Waals surface area contributed by atoms with Crippen molar-refractivity contribution in [3.05, 3.63) is 54.6 Å². The third kappa shape index (κ3) is 1.99. The first-order chi connectivity index (χ1) is 9.79. The van der Waals surface area contributed by atoms with Crippen molar-refractivity contribution in [2.24, 2.45) is 0 Å². The minimum atomic E-state index is 0.187. The normalized spacial score (nSPS) is 10.2. The molecule has 0 fully saturated rings. The second-order valence-corrected chi connectivity index (χ2v) is 4.15. The van der Waals surface area contributed by atoms with Crippen LogP contribution in [0.25, 0.3) is 22.6 Å². The Morgan fingerprint density at radius 3 is 2.80 bits per heavy atom. The van der Waals surface area contributed by atoms with E-state index in [0.717, 1.165) is 11.1 Å². The first-order valence-electron chi connectivity index (χ1n) is 5.94. The molecule has 20 heavy (non-hydrogen) atoms. The largest absolute Gasteiger partial charge is 0.463 e. The molecule has 0 aliphatic rings. The number of anilines is 1. The second kappa shape index (κ2) is 4.86. The van der Waals surface area contributed by atoms with Crippen molar-refractivity contribution in [3.8, 4) is 28.7 Å². The molecule has 3 aromatic heterocycles. The highest BCUT2D eigenvalue weighted by atomic mass is 16.3. The summed E-state index contributed by atoms with van der Waals surface area (Å²) in [6.07, 6.45) is 4.96. The van der Waals surface area contributed by atoms with E-state index < -0.39 is 0 Å². The van der Waals surface area contributed by atoms with E-state index in [0.29, 0.717) is 17.0 Å². The molecular formula is C15H10N4O. The van der Waals surface area contributed by atoms with Gasteiger partial charge in [-0.2, -0.15) is 5.26 Å². The highest BCUT2D eigenvalue weighted by Crippen LogP contribution is 2.32. The molecule has 5 heteroatoms. The molecule has 3 aromatic rings. The summed E-state index contributed by atoms with van der Waals surface area (Å²) in [7, 11) is 0. The minimum Gasteiger partial charge on any atom is -0.463 e. The Kier molecular flexibility index (Phi) is 2.90. The number of rotatable bonds is 2. The molecule has 3 heterocycles. The number of nitrogens with two attached hydrogens (primary N) is 1. The first kappa shape index (κ1) is 11.9. The Bertz CT molecular complexity index is 774. The smallest absolute Gasteiger partial charge is 0.152 e. The zero-order valence-corrected chi connectivity index (χ0v) is 10.4. The highest BCUT2D eigenvalue weighted by Gasteiger charge is 2.15. The average molecular weight is 262 g/mol. The van der Waals surface area contributed by atoms with Gasteiger partial charge in [-0.25, -0.2) is 4.98 Å². The summed E-state index contributed by atoms with van der Waals surface area (Å²) in [5.41, 5.74) is 8.34. The van der Waals surface area contributed by atoms with Crippen molar-refractivity contribution in [3.63, 3.8) is 0 Å². The van der Waals surface area contributed by atoms with Crippen LogP contribution in [0.1, 0.15) is 5.56 Å². The van der Waals surface area contributed by atoms with Gasteiger partial charge in [-0.05, 0) is 24.3 Å². The number of aromatic nitrogens is 2. The number of hydrogen-bond donors (Lipinski definition) is 1. The van der Waals surface area contributed by atoms with Crippen molar-refractivity contribution >= 4 is 5.82 Å². The van der Waals surface area contributed by atoms with E-state index in [1.807, 2.05) is 18.2 Å². The van der Waals surface area contributed by atoms with Gasteiger partial charge in [0, 0.05) is 23.5 Å². The van der Waals surface area contributed by atoms with Crippen LogP contribution in [0.3, 0.4) is 0 Å². The van der Waals surface area contributed by atoms with Crippen LogP contribution in [-0.4, -0.2) is 9.97 Å². The van der Waals surface area contributed by atoms with E-state index in [1.165, 1.54) is 0 Å². The molecule has 0 saturated heterocycles. The van der Waals surface area contributed by atoms with E-state index in [4.69, 9.17) is 15.4 Å². The molecule has 0 aliphatic heterocycles. The van der Waals surface area contributed by atoms with Crippen molar-refractivity contribution in [2.45, 2.75) is 0 Å². The van der Waals surface area contributed by atoms with Gasteiger partial charge in [0.1, 0.15) is 17.6 Å². The number of nitriles is 1. The molecule has 0 aromatic carbocycles. The Hall–Kier alpha value is -3.13. The molecule has 0 radical (unpaired) electrons. The predicted molar refractivity (Wildman–Crippen MR) is 74.3 cm³/mol. The second-order valence-electron chi connectivity index (χ2n) is 4.15. The molecule has 0 spiro atoms. The Morgan fingerprint density at radius 1 is 1.25 bits per heavy atom. The molecule has 3 rings (SSSR count). The van der Waals surface area contributed by atoms with Crippen LogP contribution < -0.4 is 5.73 Å². The van der Waals surface area contributed by atoms with Crippen LogP contribution in [0.4, 0.5) is 5.82 Å². The van der Waals surface area contributed by atoms with Crippen molar-refractivity contribution in [1.82, 2.24) is 9.97 Å². The number of furan rings is 1. The summed E-state index contributed by atoms with van der Waals surface area (Å²) in [4.78, 5) is 8.39. The van der Waals surface area contributed by atoms with Crippen LogP contribution >= 0.6 is 0 Å². The summed E-state index contributed by atoms with van der Waals surface area (Å²) >= 11 is 0. The lowest BCUT2D eigenvalue weighted by molar-refractivity contribution is 0.580. The van der Waals surface area contributed by atoms with Crippen molar-refractivity contribution < 1.29 is 4.42 Å². The van der Waals surface area contributed by atoms with Crippen LogP contribution in [0, 0.1) is 11.3 Å². The lowest BCUT2D eigenvalue weighted by atomic mass is 10.0. The fourth-order valence-corrected chi connectivity index (χ4v) is 1.96. The SMILES string of the molecule is N#Cc1cc(-c2cccnc2)c(-c2ccco2)nc1N. The molecule has 0 aliphatic carbocycles. The fraction of sp³-hybridized carbons (Fsp3) is 0. The van der Waals surface area contributed by atoms with Gasteiger partial charge in [-0.1, -0.05) is 6.07 Å². The van der Waals surface area contributed by atoms with E-state index in [9.17, 15) is 0 Å². The maximum Gasteiger partial charge on any atom is 0.152 e. The maximum absolute atomic E-state index is 9.10. The Balaban J connectivity index is 2.29. The quantitative estimate of drug-likeness (QED) is 0.767. The zero-order chi connectivity index (χ0) is 13.9. The number of pyridine rings is 2. The maximum atomic E-state index is 9.10. The highest BCUT2D eigenvalue weighted by molar-refractivity contribution is 5.81. The van der Waals surface area contributed by atoms with Gasteiger partial charge in [-0.3, -0.25) is 4.98 Å².